The van der Waals surface area contributed by atoms with Crippen molar-refractivity contribution in [2.24, 2.45) is 10.7 Å². The summed E-state index contributed by atoms with van der Waals surface area (Å²) in [6.45, 7) is 1.61. The van der Waals surface area contributed by atoms with Gasteiger partial charge in [-0.05, 0) is 41.3 Å². The van der Waals surface area contributed by atoms with Crippen LogP contribution in [0, 0.1) is 0 Å². The Hall–Kier alpha value is -1.81. The number of thiophene rings is 1. The monoisotopic (exact) mass is 297 g/mol. The van der Waals surface area contributed by atoms with Gasteiger partial charge in [0.2, 0.25) is 0 Å². The highest BCUT2D eigenvalue weighted by Gasteiger charge is 2.28. The lowest BCUT2D eigenvalue weighted by molar-refractivity contribution is 0.343. The van der Waals surface area contributed by atoms with Crippen molar-refractivity contribution in [2.45, 2.75) is 31.3 Å². The molecule has 2 heterocycles. The lowest BCUT2D eigenvalue weighted by atomic mass is 10.0. The zero-order valence-corrected chi connectivity index (χ0v) is 12.7. The van der Waals surface area contributed by atoms with Crippen LogP contribution >= 0.6 is 11.3 Å². The van der Waals surface area contributed by atoms with Gasteiger partial charge in [0.05, 0.1) is 19.1 Å². The number of guanidine groups is 1. The van der Waals surface area contributed by atoms with E-state index < -0.39 is 0 Å². The Balaban J connectivity index is 1.55. The van der Waals surface area contributed by atoms with Crippen LogP contribution in [-0.4, -0.2) is 17.4 Å². The summed E-state index contributed by atoms with van der Waals surface area (Å²) in [7, 11) is 0. The maximum atomic E-state index is 6.09. The summed E-state index contributed by atoms with van der Waals surface area (Å²) >= 11 is 1.77. The molecule has 21 heavy (non-hydrogen) atoms. The van der Waals surface area contributed by atoms with Gasteiger partial charge in [-0.3, -0.25) is 4.99 Å². The van der Waals surface area contributed by atoms with Crippen molar-refractivity contribution < 1.29 is 0 Å². The average Bonchev–Trinajstić information content (AvgIpc) is 3.12. The van der Waals surface area contributed by atoms with Crippen LogP contribution in [0.4, 0.5) is 0 Å². The largest absolute Gasteiger partial charge is 0.370 e. The standard InChI is InChI=1S/C17H19N3S/c18-17-19-10-16(20(17)11-15-2-1-9-21-15)14-7-5-13(6-8-14)12-3-4-12/h1-2,5-9,12,16H,3-4,10-11H2,(H2,18,19). The number of hydrogen-bond acceptors (Lipinski definition) is 4. The third kappa shape index (κ3) is 2.56. The molecular weight excluding hydrogens is 278 g/mol. The van der Waals surface area contributed by atoms with E-state index in [1.807, 2.05) is 0 Å². The number of hydrogen-bond donors (Lipinski definition) is 1. The second-order valence-corrected chi connectivity index (χ2v) is 6.90. The normalized spacial score (nSPS) is 21.6. The first-order valence-electron chi connectivity index (χ1n) is 7.50. The molecule has 1 aliphatic heterocycles. The summed E-state index contributed by atoms with van der Waals surface area (Å²) in [6, 6.07) is 13.6. The third-order valence-corrected chi connectivity index (χ3v) is 5.23. The van der Waals surface area contributed by atoms with Gasteiger partial charge in [0.15, 0.2) is 5.96 Å². The van der Waals surface area contributed by atoms with Crippen LogP contribution < -0.4 is 5.73 Å². The Kier molecular flexibility index (Phi) is 3.19. The van der Waals surface area contributed by atoms with Crippen LogP contribution in [0.15, 0.2) is 46.8 Å². The smallest absolute Gasteiger partial charge is 0.192 e. The molecule has 1 fully saturated rings. The molecule has 0 amide bonds. The molecule has 0 bridgehead atoms. The van der Waals surface area contributed by atoms with Gasteiger partial charge < -0.3 is 10.6 Å². The number of rotatable bonds is 4. The Morgan fingerprint density at radius 3 is 2.57 bits per heavy atom. The molecule has 2 aliphatic rings. The minimum atomic E-state index is 0.278. The lowest BCUT2D eigenvalue weighted by Crippen LogP contribution is -2.35. The van der Waals surface area contributed by atoms with E-state index in [4.69, 9.17) is 5.73 Å². The molecule has 2 N–H and O–H groups in total. The summed E-state index contributed by atoms with van der Waals surface area (Å²) in [5.41, 5.74) is 8.89. The first-order chi connectivity index (χ1) is 10.3. The predicted octanol–water partition coefficient (Wildman–Crippen LogP) is 3.50. The summed E-state index contributed by atoms with van der Waals surface area (Å²) in [4.78, 5) is 8.00. The van der Waals surface area contributed by atoms with Gasteiger partial charge in [0, 0.05) is 4.88 Å². The number of nitrogens with zero attached hydrogens (tertiary/aromatic N) is 2. The number of benzene rings is 1. The van der Waals surface area contributed by atoms with Crippen LogP contribution in [0.1, 0.15) is 40.8 Å². The van der Waals surface area contributed by atoms with Crippen molar-refractivity contribution in [3.05, 3.63) is 57.8 Å². The van der Waals surface area contributed by atoms with Crippen LogP contribution in [0.2, 0.25) is 0 Å². The highest BCUT2D eigenvalue weighted by Crippen LogP contribution is 2.40. The van der Waals surface area contributed by atoms with Gasteiger partial charge in [-0.1, -0.05) is 30.3 Å². The van der Waals surface area contributed by atoms with Crippen molar-refractivity contribution in [3.8, 4) is 0 Å². The summed E-state index contributed by atoms with van der Waals surface area (Å²) in [5, 5.41) is 2.11. The summed E-state index contributed by atoms with van der Waals surface area (Å²) in [6.07, 6.45) is 2.70. The van der Waals surface area contributed by atoms with Crippen molar-refractivity contribution in [2.75, 3.05) is 6.54 Å². The molecule has 4 heteroatoms. The van der Waals surface area contributed by atoms with Gasteiger partial charge >= 0.3 is 0 Å². The second kappa shape index (κ2) is 5.19. The van der Waals surface area contributed by atoms with Crippen LogP contribution in [0.25, 0.3) is 0 Å². The van der Waals surface area contributed by atoms with E-state index in [1.54, 1.807) is 11.3 Å². The molecule has 0 spiro atoms. The van der Waals surface area contributed by atoms with Crippen molar-refractivity contribution in [3.63, 3.8) is 0 Å². The number of aliphatic imine (C=N–C) groups is 1. The summed E-state index contributed by atoms with van der Waals surface area (Å²) < 4.78 is 0. The Morgan fingerprint density at radius 2 is 1.90 bits per heavy atom. The van der Waals surface area contributed by atoms with Crippen molar-refractivity contribution in [1.82, 2.24) is 4.90 Å². The van der Waals surface area contributed by atoms with Crippen LogP contribution in [-0.2, 0) is 6.54 Å². The maximum absolute atomic E-state index is 6.09. The number of nitrogens with two attached hydrogens (primary N) is 1. The Bertz CT molecular complexity index is 641. The minimum Gasteiger partial charge on any atom is -0.370 e. The Labute approximate surface area is 129 Å². The molecule has 1 unspecified atom stereocenters. The van der Waals surface area contributed by atoms with E-state index in [-0.39, 0.29) is 6.04 Å². The van der Waals surface area contributed by atoms with Gasteiger partial charge in [-0.25, -0.2) is 0 Å². The molecule has 1 saturated carbocycles. The first-order valence-corrected chi connectivity index (χ1v) is 8.38. The van der Waals surface area contributed by atoms with E-state index in [1.165, 1.54) is 28.8 Å². The molecule has 108 valence electrons. The van der Waals surface area contributed by atoms with E-state index in [0.717, 1.165) is 19.0 Å². The topological polar surface area (TPSA) is 41.6 Å². The van der Waals surface area contributed by atoms with Gasteiger partial charge in [0.1, 0.15) is 0 Å². The van der Waals surface area contributed by atoms with Gasteiger partial charge in [-0.15, -0.1) is 11.3 Å². The van der Waals surface area contributed by atoms with Gasteiger partial charge in [0.25, 0.3) is 0 Å². The quantitative estimate of drug-likeness (QED) is 0.938. The molecule has 1 aromatic carbocycles. The molecule has 2 aromatic rings. The molecule has 1 aliphatic carbocycles. The fraction of sp³-hybridized carbons (Fsp3) is 0.353. The highest BCUT2D eigenvalue weighted by molar-refractivity contribution is 7.09. The molecule has 1 atom stereocenters. The lowest BCUT2D eigenvalue weighted by Gasteiger charge is -2.26. The molecule has 4 rings (SSSR count). The highest BCUT2D eigenvalue weighted by atomic mass is 32.1. The average molecular weight is 297 g/mol. The van der Waals surface area contributed by atoms with E-state index in [0.29, 0.717) is 5.96 Å². The van der Waals surface area contributed by atoms with Crippen molar-refractivity contribution in [1.29, 1.82) is 0 Å². The van der Waals surface area contributed by atoms with Gasteiger partial charge in [-0.2, -0.15) is 0 Å². The zero-order chi connectivity index (χ0) is 14.2. The fourth-order valence-corrected chi connectivity index (χ4v) is 3.69. The van der Waals surface area contributed by atoms with Crippen LogP contribution in [0.3, 0.4) is 0 Å². The first kappa shape index (κ1) is 12.9. The van der Waals surface area contributed by atoms with E-state index in [2.05, 4.69) is 51.7 Å². The van der Waals surface area contributed by atoms with E-state index >= 15 is 0 Å². The van der Waals surface area contributed by atoms with Crippen molar-refractivity contribution >= 4 is 17.3 Å². The SMILES string of the molecule is NC1=NCC(c2ccc(C3CC3)cc2)N1Cc1cccs1. The second-order valence-electron chi connectivity index (χ2n) is 5.86. The molecule has 0 saturated heterocycles. The molecule has 0 radical (unpaired) electrons. The molecular formula is C17H19N3S. The predicted molar refractivity (Wildman–Crippen MR) is 87.5 cm³/mol. The third-order valence-electron chi connectivity index (χ3n) is 4.37. The fourth-order valence-electron chi connectivity index (χ4n) is 2.98. The molecule has 3 nitrogen and oxygen atoms in total. The summed E-state index contributed by atoms with van der Waals surface area (Å²) in [5.74, 6) is 1.48. The zero-order valence-electron chi connectivity index (χ0n) is 11.9. The molecule has 1 aromatic heterocycles. The minimum absolute atomic E-state index is 0.278. The van der Waals surface area contributed by atoms with Crippen LogP contribution in [0.5, 0.6) is 0 Å². The Morgan fingerprint density at radius 1 is 1.14 bits per heavy atom. The van der Waals surface area contributed by atoms with E-state index in [9.17, 15) is 0 Å². The maximum Gasteiger partial charge on any atom is 0.192 e.